The number of hydrogen-bond acceptors (Lipinski definition) is 6. The summed E-state index contributed by atoms with van der Waals surface area (Å²) in [6.07, 6.45) is 7.61. The first-order valence-corrected chi connectivity index (χ1v) is 8.91. The Hall–Kier alpha value is -2.51. The van der Waals surface area contributed by atoms with Gasteiger partial charge in [0.25, 0.3) is 0 Å². The number of imidazole rings is 1. The van der Waals surface area contributed by atoms with Gasteiger partial charge in [-0.15, -0.1) is 0 Å². The molecule has 7 nitrogen and oxygen atoms in total. The van der Waals surface area contributed by atoms with Gasteiger partial charge in [-0.3, -0.25) is 4.90 Å². The predicted molar refractivity (Wildman–Crippen MR) is 95.8 cm³/mol. The van der Waals surface area contributed by atoms with Crippen molar-refractivity contribution in [3.05, 3.63) is 60.3 Å². The molecule has 0 amide bonds. The van der Waals surface area contributed by atoms with Crippen LogP contribution in [0, 0.1) is 6.92 Å². The fourth-order valence-corrected chi connectivity index (χ4v) is 3.62. The quantitative estimate of drug-likeness (QED) is 0.757. The lowest BCUT2D eigenvalue weighted by Gasteiger charge is -2.38. The normalized spacial score (nSPS) is 21.2. The highest BCUT2D eigenvalue weighted by atomic mass is 16.5. The molecule has 1 fully saturated rings. The molecular weight excluding hydrogens is 330 g/mol. The van der Waals surface area contributed by atoms with E-state index in [1.807, 2.05) is 10.8 Å². The molecule has 7 heteroatoms. The lowest BCUT2D eigenvalue weighted by Crippen LogP contribution is -2.49. The maximum atomic E-state index is 11.0. The molecule has 26 heavy (non-hydrogen) atoms. The number of aliphatic hydroxyl groups is 1. The zero-order valence-electron chi connectivity index (χ0n) is 14.9. The number of piperidine rings is 1. The van der Waals surface area contributed by atoms with E-state index in [9.17, 15) is 5.11 Å². The van der Waals surface area contributed by atoms with Gasteiger partial charge in [0.2, 0.25) is 5.89 Å². The average molecular weight is 353 g/mol. The second kappa shape index (κ2) is 7.01. The standard InChI is InChI=1S/C19H23N5O2/c1-15-21-18(26-22-15)11-19(25)7-2-9-23(13-19)12-16-3-5-17(6-4-16)24-10-8-20-14-24/h3-6,8,10,14,25H,2,7,9,11-13H2,1H3. The summed E-state index contributed by atoms with van der Waals surface area (Å²) in [6, 6.07) is 8.44. The Morgan fingerprint density at radius 1 is 1.27 bits per heavy atom. The Bertz CT molecular complexity index is 843. The van der Waals surface area contributed by atoms with Gasteiger partial charge in [-0.25, -0.2) is 4.98 Å². The molecule has 1 aliphatic heterocycles. The molecule has 0 bridgehead atoms. The lowest BCUT2D eigenvalue weighted by molar-refractivity contribution is -0.0373. The van der Waals surface area contributed by atoms with Gasteiger partial charge in [-0.1, -0.05) is 17.3 Å². The maximum Gasteiger partial charge on any atom is 0.229 e. The van der Waals surface area contributed by atoms with E-state index in [4.69, 9.17) is 4.52 Å². The van der Waals surface area contributed by atoms with Gasteiger partial charge >= 0.3 is 0 Å². The SMILES string of the molecule is Cc1noc(CC2(O)CCCN(Cc3ccc(-n4ccnc4)cc3)C2)n1. The summed E-state index contributed by atoms with van der Waals surface area (Å²) in [6.45, 7) is 4.19. The number of rotatable bonds is 5. The van der Waals surface area contributed by atoms with Crippen LogP contribution in [0.5, 0.6) is 0 Å². The zero-order valence-corrected chi connectivity index (χ0v) is 14.9. The third kappa shape index (κ3) is 3.84. The Morgan fingerprint density at radius 2 is 2.12 bits per heavy atom. The summed E-state index contributed by atoms with van der Waals surface area (Å²) < 4.78 is 7.17. The summed E-state index contributed by atoms with van der Waals surface area (Å²) in [5.41, 5.74) is 1.51. The summed E-state index contributed by atoms with van der Waals surface area (Å²) >= 11 is 0. The summed E-state index contributed by atoms with van der Waals surface area (Å²) in [5.74, 6) is 1.12. The minimum absolute atomic E-state index is 0.407. The molecule has 1 unspecified atom stereocenters. The molecule has 1 N–H and O–H groups in total. The molecule has 3 heterocycles. The van der Waals surface area contributed by atoms with Crippen LogP contribution >= 0.6 is 0 Å². The zero-order chi connectivity index (χ0) is 18.0. The highest BCUT2D eigenvalue weighted by molar-refractivity contribution is 5.34. The van der Waals surface area contributed by atoms with E-state index in [0.29, 0.717) is 24.7 Å². The fraction of sp³-hybridized carbons (Fsp3) is 0.421. The van der Waals surface area contributed by atoms with E-state index in [1.165, 1.54) is 5.56 Å². The van der Waals surface area contributed by atoms with Crippen molar-refractivity contribution in [3.8, 4) is 5.69 Å². The van der Waals surface area contributed by atoms with Crippen molar-refractivity contribution in [1.29, 1.82) is 0 Å². The largest absolute Gasteiger partial charge is 0.388 e. The number of aryl methyl sites for hydroxylation is 1. The fourth-order valence-electron chi connectivity index (χ4n) is 3.62. The Labute approximate surface area is 152 Å². The average Bonchev–Trinajstić information content (AvgIpc) is 3.27. The van der Waals surface area contributed by atoms with Crippen LogP contribution < -0.4 is 0 Å². The number of aromatic nitrogens is 4. The van der Waals surface area contributed by atoms with Crippen molar-refractivity contribution in [3.63, 3.8) is 0 Å². The van der Waals surface area contributed by atoms with E-state index in [-0.39, 0.29) is 0 Å². The van der Waals surface area contributed by atoms with Gasteiger partial charge in [-0.05, 0) is 44.0 Å². The molecule has 0 aliphatic carbocycles. The van der Waals surface area contributed by atoms with Crippen LogP contribution in [0.3, 0.4) is 0 Å². The molecule has 0 saturated carbocycles. The monoisotopic (exact) mass is 353 g/mol. The van der Waals surface area contributed by atoms with Crippen molar-refractivity contribution in [2.75, 3.05) is 13.1 Å². The van der Waals surface area contributed by atoms with Gasteiger partial charge < -0.3 is 14.2 Å². The van der Waals surface area contributed by atoms with Crippen molar-refractivity contribution in [2.45, 2.75) is 38.3 Å². The molecule has 0 radical (unpaired) electrons. The number of nitrogens with zero attached hydrogens (tertiary/aromatic N) is 5. The summed E-state index contributed by atoms with van der Waals surface area (Å²) in [7, 11) is 0. The number of likely N-dealkylation sites (tertiary alicyclic amines) is 1. The molecular formula is C19H23N5O2. The predicted octanol–water partition coefficient (Wildman–Crippen LogP) is 2.13. The highest BCUT2D eigenvalue weighted by Gasteiger charge is 2.35. The number of hydrogen-bond donors (Lipinski definition) is 1. The van der Waals surface area contributed by atoms with Crippen molar-refractivity contribution >= 4 is 0 Å². The molecule has 1 atom stereocenters. The van der Waals surface area contributed by atoms with Crippen molar-refractivity contribution in [2.24, 2.45) is 0 Å². The first-order valence-electron chi connectivity index (χ1n) is 8.91. The third-order valence-corrected chi connectivity index (χ3v) is 4.83. The van der Waals surface area contributed by atoms with Gasteiger partial charge in [-0.2, -0.15) is 4.98 Å². The van der Waals surface area contributed by atoms with E-state index in [2.05, 4.69) is 44.3 Å². The summed E-state index contributed by atoms with van der Waals surface area (Å²) in [5, 5.41) is 14.8. The second-order valence-corrected chi connectivity index (χ2v) is 7.09. The van der Waals surface area contributed by atoms with E-state index in [0.717, 1.165) is 31.6 Å². The van der Waals surface area contributed by atoms with Crippen molar-refractivity contribution in [1.82, 2.24) is 24.6 Å². The number of benzene rings is 1. The van der Waals surface area contributed by atoms with Crippen LogP contribution in [0.4, 0.5) is 0 Å². The van der Waals surface area contributed by atoms with Gasteiger partial charge in [0.15, 0.2) is 5.82 Å². The Morgan fingerprint density at radius 3 is 2.81 bits per heavy atom. The topological polar surface area (TPSA) is 80.2 Å². The molecule has 136 valence electrons. The third-order valence-electron chi connectivity index (χ3n) is 4.83. The highest BCUT2D eigenvalue weighted by Crippen LogP contribution is 2.26. The molecule has 4 rings (SSSR count). The van der Waals surface area contributed by atoms with Gasteiger partial charge in [0.05, 0.1) is 18.3 Å². The Balaban J connectivity index is 1.40. The molecule has 0 spiro atoms. The first kappa shape index (κ1) is 16.9. The minimum atomic E-state index is -0.812. The summed E-state index contributed by atoms with van der Waals surface area (Å²) in [4.78, 5) is 10.6. The smallest absolute Gasteiger partial charge is 0.229 e. The van der Waals surface area contributed by atoms with Crippen LogP contribution in [-0.2, 0) is 13.0 Å². The molecule has 1 aliphatic rings. The van der Waals surface area contributed by atoms with Gasteiger partial charge in [0.1, 0.15) is 0 Å². The molecule has 2 aromatic heterocycles. The van der Waals surface area contributed by atoms with Gasteiger partial charge in [0, 0.05) is 31.2 Å². The minimum Gasteiger partial charge on any atom is -0.388 e. The van der Waals surface area contributed by atoms with E-state index < -0.39 is 5.60 Å². The number of β-amino-alcohol motifs (C(OH)–C–C–N with tert-alkyl or cyclic N) is 1. The van der Waals surface area contributed by atoms with E-state index >= 15 is 0 Å². The second-order valence-electron chi connectivity index (χ2n) is 7.09. The lowest BCUT2D eigenvalue weighted by atomic mass is 9.89. The van der Waals surface area contributed by atoms with Crippen LogP contribution in [0.15, 0.2) is 47.5 Å². The van der Waals surface area contributed by atoms with Crippen LogP contribution in [0.25, 0.3) is 5.69 Å². The van der Waals surface area contributed by atoms with Crippen molar-refractivity contribution < 1.29 is 9.63 Å². The molecule has 1 saturated heterocycles. The van der Waals surface area contributed by atoms with Crippen LogP contribution in [-0.4, -0.2) is 48.4 Å². The molecule has 1 aromatic carbocycles. The van der Waals surface area contributed by atoms with E-state index in [1.54, 1.807) is 19.4 Å². The Kier molecular flexibility index (Phi) is 4.57. The van der Waals surface area contributed by atoms with Crippen LogP contribution in [0.1, 0.15) is 30.1 Å². The van der Waals surface area contributed by atoms with Crippen LogP contribution in [0.2, 0.25) is 0 Å². The molecule has 3 aromatic rings. The maximum absolute atomic E-state index is 11.0. The first-order chi connectivity index (χ1) is 12.6.